The number of benzene rings is 1. The summed E-state index contributed by atoms with van der Waals surface area (Å²) in [6.07, 6.45) is -1.03. The van der Waals surface area contributed by atoms with Crippen molar-refractivity contribution in [3.8, 4) is 0 Å². The van der Waals surface area contributed by atoms with Gasteiger partial charge in [-0.1, -0.05) is 66.2 Å². The van der Waals surface area contributed by atoms with E-state index in [-0.39, 0.29) is 44.4 Å². The van der Waals surface area contributed by atoms with E-state index < -0.39 is 211 Å². The Labute approximate surface area is 561 Å². The van der Waals surface area contributed by atoms with Crippen LogP contribution in [0.5, 0.6) is 0 Å². The number of hydrogen-bond donors (Lipinski definition) is 21. The monoisotopic (exact) mass is 1380 g/mol. The molecular weight excluding hydrogens is 1290 g/mol. The molecule has 0 saturated heterocycles. The molecule has 2 aromatic heterocycles. The molecule has 13 atom stereocenters. The van der Waals surface area contributed by atoms with Crippen molar-refractivity contribution in [1.29, 1.82) is 0 Å². The van der Waals surface area contributed by atoms with Gasteiger partial charge in [0.15, 0.2) is 0 Å². The van der Waals surface area contributed by atoms with E-state index in [1.807, 2.05) is 0 Å². The van der Waals surface area contributed by atoms with Crippen LogP contribution in [0.25, 0.3) is 10.9 Å². The number of carboxylic acids is 1. The zero-order valence-electron chi connectivity index (χ0n) is 55.2. The van der Waals surface area contributed by atoms with Crippen molar-refractivity contribution in [3.05, 3.63) is 54.2 Å². The number of carbonyl (C=O) groups is 16. The smallest absolute Gasteiger partial charge is 0.326 e. The van der Waals surface area contributed by atoms with Crippen molar-refractivity contribution >= 4 is 105 Å². The number of aromatic amines is 2. The van der Waals surface area contributed by atoms with Crippen LogP contribution in [0, 0.1) is 17.8 Å². The Morgan fingerprint density at radius 3 is 1.54 bits per heavy atom. The highest BCUT2D eigenvalue weighted by Gasteiger charge is 2.39. The number of nitrogens with one attached hydrogen (secondary N) is 13. The number of aliphatic carboxylic acids is 1. The lowest BCUT2D eigenvalue weighted by atomic mass is 9.96. The first kappa shape index (κ1) is 81.6. The first-order valence-corrected chi connectivity index (χ1v) is 31.2. The summed E-state index contributed by atoms with van der Waals surface area (Å²) in [5, 5.41) is 57.1. The van der Waals surface area contributed by atoms with Gasteiger partial charge in [-0.2, -0.15) is 0 Å². The largest absolute Gasteiger partial charge is 0.480 e. The summed E-state index contributed by atoms with van der Waals surface area (Å²) in [6, 6.07) is -11.3. The second-order valence-electron chi connectivity index (χ2n) is 24.2. The highest BCUT2D eigenvalue weighted by Crippen LogP contribution is 2.20. The summed E-state index contributed by atoms with van der Waals surface area (Å²) >= 11 is 0. The number of aliphatic hydroxyl groups excluding tert-OH is 2. The molecule has 540 valence electrons. The fraction of sp³-hybridized carbons (Fsp3) is 0.550. The third-order valence-corrected chi connectivity index (χ3v) is 15.2. The average molecular weight is 1380 g/mol. The highest BCUT2D eigenvalue weighted by molar-refractivity contribution is 6.01. The summed E-state index contributed by atoms with van der Waals surface area (Å²) < 4.78 is 0. The Bertz CT molecular complexity index is 3340. The van der Waals surface area contributed by atoms with Gasteiger partial charge in [0, 0.05) is 48.3 Å². The van der Waals surface area contributed by atoms with E-state index in [4.69, 9.17) is 28.7 Å². The van der Waals surface area contributed by atoms with Crippen LogP contribution >= 0.6 is 0 Å². The van der Waals surface area contributed by atoms with Crippen LogP contribution in [-0.2, 0) is 89.6 Å². The maximum absolute atomic E-state index is 14.5. The predicted molar refractivity (Wildman–Crippen MR) is 345 cm³/mol. The van der Waals surface area contributed by atoms with E-state index in [2.05, 4.69) is 73.4 Å². The molecule has 0 aliphatic heterocycles. The van der Waals surface area contributed by atoms with Crippen molar-refractivity contribution in [2.75, 3.05) is 13.2 Å². The molecule has 0 fully saturated rings. The van der Waals surface area contributed by atoms with Crippen molar-refractivity contribution in [3.63, 3.8) is 0 Å². The van der Waals surface area contributed by atoms with Crippen molar-refractivity contribution in [1.82, 2.24) is 73.4 Å². The summed E-state index contributed by atoms with van der Waals surface area (Å²) in [7, 11) is 0. The summed E-state index contributed by atoms with van der Waals surface area (Å²) in [4.78, 5) is 221. The van der Waals surface area contributed by atoms with Gasteiger partial charge in [0.05, 0.1) is 50.9 Å². The Morgan fingerprint density at radius 2 is 1.01 bits per heavy atom. The van der Waals surface area contributed by atoms with E-state index >= 15 is 0 Å². The first-order chi connectivity index (χ1) is 46.0. The molecule has 15 amide bonds. The fourth-order valence-electron chi connectivity index (χ4n) is 9.65. The number of imidazole rings is 1. The predicted octanol–water partition coefficient (Wildman–Crippen LogP) is -7.93. The third-order valence-electron chi connectivity index (χ3n) is 15.2. The second-order valence-corrected chi connectivity index (χ2v) is 24.2. The summed E-state index contributed by atoms with van der Waals surface area (Å²) in [5.74, 6) is -19.3. The van der Waals surface area contributed by atoms with Gasteiger partial charge in [-0.25, -0.2) is 9.78 Å². The van der Waals surface area contributed by atoms with Gasteiger partial charge in [-0.15, -0.1) is 0 Å². The third kappa shape index (κ3) is 26.9. The molecule has 1 aromatic carbocycles. The molecule has 26 N–H and O–H groups in total. The maximum Gasteiger partial charge on any atom is 0.326 e. The van der Waals surface area contributed by atoms with Gasteiger partial charge >= 0.3 is 5.97 Å². The number of fused-ring (bicyclic) bond motifs is 1. The van der Waals surface area contributed by atoms with Gasteiger partial charge < -0.3 is 112 Å². The number of carbonyl (C=O) groups excluding carboxylic acids is 15. The number of rotatable bonds is 43. The highest BCUT2D eigenvalue weighted by atomic mass is 16.4. The minimum atomic E-state index is -2.04. The van der Waals surface area contributed by atoms with Crippen molar-refractivity contribution in [2.45, 2.75) is 179 Å². The number of aliphatic hydroxyl groups is 2. The molecule has 38 heteroatoms. The molecule has 0 aliphatic rings. The number of carboxylic acid groups (broad SMARTS) is 1. The van der Waals surface area contributed by atoms with Crippen LogP contribution in [-0.4, -0.2) is 211 Å². The van der Waals surface area contributed by atoms with E-state index in [0.717, 1.165) is 6.92 Å². The normalized spacial score (nSPS) is 15.2. The molecule has 0 saturated carbocycles. The maximum atomic E-state index is 14.5. The molecule has 0 aliphatic carbocycles. The van der Waals surface area contributed by atoms with Crippen LogP contribution in [0.1, 0.15) is 105 Å². The molecular formula is C60H91N19O19. The van der Waals surface area contributed by atoms with E-state index in [0.29, 0.717) is 22.2 Å². The lowest BCUT2D eigenvalue weighted by Gasteiger charge is -2.30. The Hall–Kier alpha value is -10.6. The van der Waals surface area contributed by atoms with E-state index in [1.54, 1.807) is 52.0 Å². The molecule has 2 heterocycles. The number of hydrogen-bond acceptors (Lipinski definition) is 20. The Balaban J connectivity index is 1.83. The molecule has 38 nitrogen and oxygen atoms in total. The first-order valence-electron chi connectivity index (χ1n) is 31.2. The van der Waals surface area contributed by atoms with Gasteiger partial charge in [0.2, 0.25) is 88.6 Å². The van der Waals surface area contributed by atoms with Crippen molar-refractivity contribution in [2.24, 2.45) is 46.4 Å². The lowest BCUT2D eigenvalue weighted by Crippen LogP contribution is -2.62. The quantitative estimate of drug-likeness (QED) is 0.0250. The number of primary amides is 4. The van der Waals surface area contributed by atoms with Gasteiger partial charge in [0.1, 0.15) is 60.4 Å². The Kier molecular flexibility index (Phi) is 32.8. The number of para-hydroxylation sites is 1. The zero-order chi connectivity index (χ0) is 73.8. The van der Waals surface area contributed by atoms with Crippen LogP contribution in [0.3, 0.4) is 0 Å². The molecule has 0 bridgehead atoms. The SMILES string of the molecule is CC[C@H](C)[C@H](NC(=O)[C@H](CC(C)C)NC(=O)[C@@H](N)CCC(N)=O)C(=O)N[C@@H](CC(N)=O)C(=O)N[C@H](C(=O)N[C@@H](CC(N)=O)C(=O)NCC(=O)N[C@@H](CO)C(=O)N[C@@H](Cc1c[nH]c2ccccc12)C(=O)N[C@@H](Cc1cnc[nH]1)C(=O)N[C@H](C(=O)N[C@@H](CC(N)=O)C(=O)O)C(C)C)[C@@H](C)O. The number of aromatic nitrogens is 3. The number of amides is 15. The van der Waals surface area contributed by atoms with Crippen LogP contribution < -0.4 is 87.2 Å². The molecule has 0 unspecified atom stereocenters. The zero-order valence-corrected chi connectivity index (χ0v) is 55.2. The minimum absolute atomic E-state index is 0.0529. The topological polar surface area (TPSA) is 641 Å². The Morgan fingerprint density at radius 1 is 0.531 bits per heavy atom. The van der Waals surface area contributed by atoms with Gasteiger partial charge in [-0.05, 0) is 49.1 Å². The molecule has 3 rings (SSSR count). The summed E-state index contributed by atoms with van der Waals surface area (Å²) in [5.41, 5.74) is 28.5. The van der Waals surface area contributed by atoms with Crippen molar-refractivity contribution < 1.29 is 92.0 Å². The van der Waals surface area contributed by atoms with Crippen LogP contribution in [0.2, 0.25) is 0 Å². The molecule has 3 aromatic rings. The van der Waals surface area contributed by atoms with Gasteiger partial charge in [-0.3, -0.25) is 71.9 Å². The molecule has 98 heavy (non-hydrogen) atoms. The minimum Gasteiger partial charge on any atom is -0.480 e. The van der Waals surface area contributed by atoms with Gasteiger partial charge in [0.25, 0.3) is 0 Å². The average Bonchev–Trinajstić information content (AvgIpc) is 1.58. The van der Waals surface area contributed by atoms with Crippen LogP contribution in [0.4, 0.5) is 0 Å². The second kappa shape index (κ2) is 39.4. The number of nitrogens with two attached hydrogens (primary N) is 5. The summed E-state index contributed by atoms with van der Waals surface area (Å²) in [6.45, 7) is 8.59. The fourth-order valence-corrected chi connectivity index (χ4v) is 9.65. The number of nitrogens with zero attached hydrogens (tertiary/aromatic N) is 1. The standard InChI is InChI=1S/C60H91N19O19/c1-8-28(6)48(78-53(90)35(15-26(2)3)71-50(87)33(61)13-14-42(62)82)58(95)75-39(19-44(64)84)55(92)79-49(29(7)81)59(96)74-38(18-43(63)83)51(88)68-23-46(86)70-41(24-80)56(93)72-36(16-30-21-67-34-12-10-9-11-32(30)34)52(89)73-37(17-31-22-66-25-69-31)54(91)77-47(27(4)5)57(94)76-40(60(97)98)20-45(65)85/h9-12,21-22,25-29,33,35-41,47-49,67,80-81H,8,13-20,23-24,61H2,1-7H3,(H2,62,82)(H2,63,83)(H2,64,84)(H2,65,85)(H,66,69)(H,68,88)(H,70,86)(H,71,87)(H,72,93)(H,73,89)(H,74,96)(H,75,95)(H,76,94)(H,77,91)(H,78,90)(H,79,92)(H,97,98)/t28-,29+,33-,35-,36-,37-,38-,39-,40-,41-,47-,48-,49-/m0/s1. The van der Waals surface area contributed by atoms with Crippen LogP contribution in [0.15, 0.2) is 43.0 Å². The molecule has 0 spiro atoms. The van der Waals surface area contributed by atoms with E-state index in [1.165, 1.54) is 32.6 Å². The lowest BCUT2D eigenvalue weighted by molar-refractivity contribution is -0.144. The molecule has 0 radical (unpaired) electrons. The number of H-pyrrole nitrogens is 2. The van der Waals surface area contributed by atoms with E-state index in [9.17, 15) is 92.0 Å².